The van der Waals surface area contributed by atoms with E-state index in [1.54, 1.807) is 6.92 Å². The standard InChI is InChI=1S/C19H16F2N4O/c1-12-9-17(18(26)24-14-7-8-15(20)16(21)10-14)25-19(23-12)22-11-13-5-3-2-4-6-13/h2-10H,11H2,1H3,(H,24,26)(H,22,23,25). The lowest BCUT2D eigenvalue weighted by Gasteiger charge is -2.09. The van der Waals surface area contributed by atoms with Crippen LogP contribution >= 0.6 is 0 Å². The summed E-state index contributed by atoms with van der Waals surface area (Å²) in [6.07, 6.45) is 0. The Balaban J connectivity index is 1.73. The number of halogens is 2. The minimum atomic E-state index is -1.04. The van der Waals surface area contributed by atoms with Crippen molar-refractivity contribution in [2.75, 3.05) is 10.6 Å². The van der Waals surface area contributed by atoms with Crippen molar-refractivity contribution >= 4 is 17.5 Å². The van der Waals surface area contributed by atoms with Gasteiger partial charge in [-0.15, -0.1) is 0 Å². The third-order valence-electron chi connectivity index (χ3n) is 3.56. The first-order chi connectivity index (χ1) is 12.5. The third-order valence-corrected chi connectivity index (χ3v) is 3.56. The van der Waals surface area contributed by atoms with Gasteiger partial charge in [0.15, 0.2) is 11.6 Å². The Labute approximate surface area is 149 Å². The number of hydrogen-bond donors (Lipinski definition) is 2. The molecule has 0 aliphatic rings. The van der Waals surface area contributed by atoms with Gasteiger partial charge in [-0.1, -0.05) is 30.3 Å². The molecule has 0 radical (unpaired) electrons. The minimum Gasteiger partial charge on any atom is -0.350 e. The molecule has 132 valence electrons. The normalized spacial score (nSPS) is 10.4. The van der Waals surface area contributed by atoms with Crippen molar-refractivity contribution < 1.29 is 13.6 Å². The molecule has 0 aliphatic heterocycles. The number of hydrogen-bond acceptors (Lipinski definition) is 4. The molecule has 1 aromatic heterocycles. The van der Waals surface area contributed by atoms with Crippen LogP contribution in [0.1, 0.15) is 21.7 Å². The van der Waals surface area contributed by atoms with E-state index in [2.05, 4.69) is 20.6 Å². The van der Waals surface area contributed by atoms with E-state index in [-0.39, 0.29) is 11.4 Å². The van der Waals surface area contributed by atoms with Crippen LogP contribution < -0.4 is 10.6 Å². The lowest BCUT2D eigenvalue weighted by molar-refractivity contribution is 0.102. The van der Waals surface area contributed by atoms with Gasteiger partial charge in [-0.3, -0.25) is 4.79 Å². The number of aryl methyl sites for hydroxylation is 1. The molecule has 0 atom stereocenters. The summed E-state index contributed by atoms with van der Waals surface area (Å²) in [7, 11) is 0. The molecule has 3 aromatic rings. The summed E-state index contributed by atoms with van der Waals surface area (Å²) in [5.74, 6) is -2.24. The van der Waals surface area contributed by atoms with Crippen molar-refractivity contribution in [1.29, 1.82) is 0 Å². The first-order valence-electron chi connectivity index (χ1n) is 7.91. The quantitative estimate of drug-likeness (QED) is 0.729. The molecular formula is C19H16F2N4O. The van der Waals surface area contributed by atoms with Crippen LogP contribution in [0.2, 0.25) is 0 Å². The van der Waals surface area contributed by atoms with Crippen molar-refractivity contribution in [3.8, 4) is 0 Å². The molecule has 2 aromatic carbocycles. The summed E-state index contributed by atoms with van der Waals surface area (Å²) in [5.41, 5.74) is 1.91. The monoisotopic (exact) mass is 354 g/mol. The average Bonchev–Trinajstić information content (AvgIpc) is 2.63. The number of benzene rings is 2. The van der Waals surface area contributed by atoms with Crippen molar-refractivity contribution in [3.05, 3.63) is 83.2 Å². The van der Waals surface area contributed by atoms with Crippen LogP contribution in [0.5, 0.6) is 0 Å². The highest BCUT2D eigenvalue weighted by molar-refractivity contribution is 6.03. The van der Waals surface area contributed by atoms with Crippen LogP contribution in [0.15, 0.2) is 54.6 Å². The molecule has 0 saturated carbocycles. The molecule has 26 heavy (non-hydrogen) atoms. The van der Waals surface area contributed by atoms with Gasteiger partial charge in [0, 0.05) is 24.0 Å². The zero-order valence-electron chi connectivity index (χ0n) is 14.0. The van der Waals surface area contributed by atoms with E-state index < -0.39 is 17.5 Å². The van der Waals surface area contributed by atoms with Gasteiger partial charge in [0.25, 0.3) is 5.91 Å². The maximum Gasteiger partial charge on any atom is 0.274 e. The number of amides is 1. The van der Waals surface area contributed by atoms with Gasteiger partial charge in [-0.2, -0.15) is 0 Å². The maximum absolute atomic E-state index is 13.3. The number of nitrogens with one attached hydrogen (secondary N) is 2. The Morgan fingerprint density at radius 1 is 1.00 bits per heavy atom. The third kappa shape index (κ3) is 4.38. The van der Waals surface area contributed by atoms with Crippen LogP contribution in [0.3, 0.4) is 0 Å². The lowest BCUT2D eigenvalue weighted by atomic mass is 10.2. The Bertz CT molecular complexity index is 932. The van der Waals surface area contributed by atoms with Gasteiger partial charge in [0.1, 0.15) is 5.69 Å². The first kappa shape index (κ1) is 17.5. The topological polar surface area (TPSA) is 66.9 Å². The van der Waals surface area contributed by atoms with Gasteiger partial charge in [0.05, 0.1) is 0 Å². The molecule has 0 fully saturated rings. The average molecular weight is 354 g/mol. The predicted octanol–water partition coefficient (Wildman–Crippen LogP) is 3.93. The highest BCUT2D eigenvalue weighted by atomic mass is 19.2. The summed E-state index contributed by atoms with van der Waals surface area (Å²) in [5, 5.41) is 5.56. The second-order valence-corrected chi connectivity index (χ2v) is 5.64. The number of aromatic nitrogens is 2. The molecular weight excluding hydrogens is 338 g/mol. The highest BCUT2D eigenvalue weighted by Crippen LogP contribution is 2.15. The largest absolute Gasteiger partial charge is 0.350 e. The zero-order chi connectivity index (χ0) is 18.5. The van der Waals surface area contributed by atoms with Gasteiger partial charge in [-0.25, -0.2) is 18.7 Å². The first-order valence-corrected chi connectivity index (χ1v) is 7.91. The van der Waals surface area contributed by atoms with Gasteiger partial charge in [-0.05, 0) is 30.7 Å². The van der Waals surface area contributed by atoms with E-state index in [0.29, 0.717) is 18.2 Å². The molecule has 0 spiro atoms. The number of rotatable bonds is 5. The molecule has 3 rings (SSSR count). The summed E-state index contributed by atoms with van der Waals surface area (Å²) >= 11 is 0. The summed E-state index contributed by atoms with van der Waals surface area (Å²) in [6.45, 7) is 2.25. The Kier molecular flexibility index (Phi) is 5.17. The van der Waals surface area contributed by atoms with Crippen LogP contribution in [0.4, 0.5) is 20.4 Å². The van der Waals surface area contributed by atoms with Crippen LogP contribution in [0.25, 0.3) is 0 Å². The molecule has 0 aliphatic carbocycles. The summed E-state index contributed by atoms with van der Waals surface area (Å²) in [6, 6.07) is 14.3. The summed E-state index contributed by atoms with van der Waals surface area (Å²) in [4.78, 5) is 20.8. The molecule has 7 heteroatoms. The van der Waals surface area contributed by atoms with E-state index in [9.17, 15) is 13.6 Å². The van der Waals surface area contributed by atoms with Crippen LogP contribution in [0, 0.1) is 18.6 Å². The summed E-state index contributed by atoms with van der Waals surface area (Å²) < 4.78 is 26.2. The van der Waals surface area contributed by atoms with Gasteiger partial charge >= 0.3 is 0 Å². The Morgan fingerprint density at radius 3 is 2.50 bits per heavy atom. The molecule has 0 bridgehead atoms. The number of carbonyl (C=O) groups excluding carboxylic acids is 1. The molecule has 1 heterocycles. The van der Waals surface area contributed by atoms with Gasteiger partial charge < -0.3 is 10.6 Å². The molecule has 0 unspecified atom stereocenters. The van der Waals surface area contributed by atoms with E-state index in [1.807, 2.05) is 30.3 Å². The number of carbonyl (C=O) groups is 1. The van der Waals surface area contributed by atoms with Gasteiger partial charge in [0.2, 0.25) is 5.95 Å². The van der Waals surface area contributed by atoms with E-state index in [4.69, 9.17) is 0 Å². The molecule has 0 saturated heterocycles. The Morgan fingerprint density at radius 2 is 1.77 bits per heavy atom. The number of anilines is 2. The minimum absolute atomic E-state index is 0.123. The van der Waals surface area contributed by atoms with E-state index in [1.165, 1.54) is 12.1 Å². The van der Waals surface area contributed by atoms with Crippen molar-refractivity contribution in [2.45, 2.75) is 13.5 Å². The fourth-order valence-corrected chi connectivity index (χ4v) is 2.31. The second-order valence-electron chi connectivity index (χ2n) is 5.64. The molecule has 2 N–H and O–H groups in total. The molecule has 1 amide bonds. The molecule has 5 nitrogen and oxygen atoms in total. The second kappa shape index (κ2) is 7.69. The van der Waals surface area contributed by atoms with E-state index in [0.717, 1.165) is 17.7 Å². The zero-order valence-corrected chi connectivity index (χ0v) is 14.0. The van der Waals surface area contributed by atoms with E-state index >= 15 is 0 Å². The van der Waals surface area contributed by atoms with Crippen molar-refractivity contribution in [3.63, 3.8) is 0 Å². The van der Waals surface area contributed by atoms with Crippen LogP contribution in [-0.4, -0.2) is 15.9 Å². The maximum atomic E-state index is 13.3. The fraction of sp³-hybridized carbons (Fsp3) is 0.105. The predicted molar refractivity (Wildman–Crippen MR) is 94.8 cm³/mol. The SMILES string of the molecule is Cc1cc(C(=O)Nc2ccc(F)c(F)c2)nc(NCc2ccccc2)n1. The lowest BCUT2D eigenvalue weighted by Crippen LogP contribution is -2.16. The number of nitrogens with zero attached hydrogens (tertiary/aromatic N) is 2. The van der Waals surface area contributed by atoms with Crippen molar-refractivity contribution in [2.24, 2.45) is 0 Å². The smallest absolute Gasteiger partial charge is 0.274 e. The van der Waals surface area contributed by atoms with Crippen molar-refractivity contribution in [1.82, 2.24) is 9.97 Å². The highest BCUT2D eigenvalue weighted by Gasteiger charge is 2.12. The Hall–Kier alpha value is -3.35. The van der Waals surface area contributed by atoms with Crippen LogP contribution in [-0.2, 0) is 6.54 Å². The fourth-order valence-electron chi connectivity index (χ4n) is 2.31.